The first-order valence-electron chi connectivity index (χ1n) is 7.37. The van der Waals surface area contributed by atoms with Crippen molar-refractivity contribution in [3.63, 3.8) is 0 Å². The molecule has 0 radical (unpaired) electrons. The monoisotopic (exact) mass is 294 g/mol. The minimum Gasteiger partial charge on any atom is -0.383 e. The molecule has 0 spiro atoms. The summed E-state index contributed by atoms with van der Waals surface area (Å²) in [5.74, 6) is 0.528. The molecular formula is C16H18N6. The van der Waals surface area contributed by atoms with E-state index in [1.165, 1.54) is 5.39 Å². The third kappa shape index (κ3) is 1.84. The number of rotatable bonds is 2. The minimum atomic E-state index is -0.116. The Morgan fingerprint density at radius 3 is 2.95 bits per heavy atom. The molecule has 6 nitrogen and oxygen atoms in total. The van der Waals surface area contributed by atoms with Gasteiger partial charge in [-0.25, -0.2) is 9.98 Å². The van der Waals surface area contributed by atoms with Gasteiger partial charge in [0.2, 0.25) is 0 Å². The molecule has 1 unspecified atom stereocenters. The van der Waals surface area contributed by atoms with Gasteiger partial charge in [0.15, 0.2) is 6.17 Å². The van der Waals surface area contributed by atoms with Crippen molar-refractivity contribution < 1.29 is 0 Å². The van der Waals surface area contributed by atoms with E-state index < -0.39 is 0 Å². The second-order valence-corrected chi connectivity index (χ2v) is 5.83. The van der Waals surface area contributed by atoms with Gasteiger partial charge in [0.05, 0.1) is 11.3 Å². The van der Waals surface area contributed by atoms with E-state index in [4.69, 9.17) is 5.73 Å². The van der Waals surface area contributed by atoms with Gasteiger partial charge < -0.3 is 16.1 Å². The van der Waals surface area contributed by atoms with Crippen molar-refractivity contribution in [1.29, 1.82) is 0 Å². The molecule has 0 saturated carbocycles. The number of nitrogens with zero attached hydrogens (tertiary/aromatic N) is 3. The SMILES string of the molecule is CC(C)N1NC(c2ccc3[nH]ccc3c2)=C2C(N)=NC=NC21. The highest BCUT2D eigenvalue weighted by molar-refractivity contribution is 6.09. The zero-order chi connectivity index (χ0) is 15.3. The number of aromatic amines is 1. The summed E-state index contributed by atoms with van der Waals surface area (Å²) in [7, 11) is 0. The van der Waals surface area contributed by atoms with Gasteiger partial charge in [0.25, 0.3) is 0 Å². The van der Waals surface area contributed by atoms with E-state index in [1.54, 1.807) is 6.34 Å². The average Bonchev–Trinajstić information content (AvgIpc) is 3.11. The van der Waals surface area contributed by atoms with Crippen LogP contribution in [0.1, 0.15) is 19.4 Å². The molecule has 0 aliphatic carbocycles. The Bertz CT molecular complexity index is 826. The van der Waals surface area contributed by atoms with Crippen LogP contribution in [0.15, 0.2) is 46.0 Å². The van der Waals surface area contributed by atoms with Crippen LogP contribution in [-0.2, 0) is 0 Å². The van der Waals surface area contributed by atoms with Gasteiger partial charge in [0.1, 0.15) is 12.2 Å². The lowest BCUT2D eigenvalue weighted by Gasteiger charge is -2.27. The van der Waals surface area contributed by atoms with Crippen molar-refractivity contribution in [3.8, 4) is 0 Å². The number of H-pyrrole nitrogens is 1. The van der Waals surface area contributed by atoms with E-state index in [0.717, 1.165) is 22.4 Å². The van der Waals surface area contributed by atoms with Crippen LogP contribution in [0.2, 0.25) is 0 Å². The number of nitrogens with one attached hydrogen (secondary N) is 2. The highest BCUT2D eigenvalue weighted by Gasteiger charge is 2.37. The van der Waals surface area contributed by atoms with E-state index in [1.807, 2.05) is 6.20 Å². The number of hydrogen-bond acceptors (Lipinski definition) is 5. The lowest BCUT2D eigenvalue weighted by molar-refractivity contribution is 0.159. The summed E-state index contributed by atoms with van der Waals surface area (Å²) in [5, 5.41) is 3.27. The molecule has 4 N–H and O–H groups in total. The maximum Gasteiger partial charge on any atom is 0.152 e. The summed E-state index contributed by atoms with van der Waals surface area (Å²) < 4.78 is 0. The molecule has 3 heterocycles. The summed E-state index contributed by atoms with van der Waals surface area (Å²) in [4.78, 5) is 11.9. The van der Waals surface area contributed by atoms with E-state index in [-0.39, 0.29) is 12.2 Å². The number of fused-ring (bicyclic) bond motifs is 2. The first-order valence-corrected chi connectivity index (χ1v) is 7.37. The molecule has 0 bridgehead atoms. The number of aliphatic imine (C=N–C) groups is 2. The maximum atomic E-state index is 6.13. The lowest BCUT2D eigenvalue weighted by atomic mass is 10.0. The Morgan fingerprint density at radius 1 is 1.27 bits per heavy atom. The molecule has 22 heavy (non-hydrogen) atoms. The molecule has 1 aromatic carbocycles. The molecule has 2 aromatic rings. The predicted octanol–water partition coefficient (Wildman–Crippen LogP) is 1.83. The normalized spacial score (nSPS) is 21.4. The molecule has 2 aliphatic heterocycles. The van der Waals surface area contributed by atoms with Crippen LogP contribution >= 0.6 is 0 Å². The number of hydrogen-bond donors (Lipinski definition) is 3. The fourth-order valence-electron chi connectivity index (χ4n) is 2.99. The molecule has 1 aromatic heterocycles. The number of hydrazine groups is 1. The van der Waals surface area contributed by atoms with Crippen molar-refractivity contribution in [1.82, 2.24) is 15.4 Å². The van der Waals surface area contributed by atoms with Crippen LogP contribution in [0, 0.1) is 0 Å². The average molecular weight is 294 g/mol. The van der Waals surface area contributed by atoms with Crippen LogP contribution < -0.4 is 11.2 Å². The molecule has 1 atom stereocenters. The zero-order valence-electron chi connectivity index (χ0n) is 12.5. The number of amidine groups is 1. The highest BCUT2D eigenvalue weighted by Crippen LogP contribution is 2.32. The number of aromatic nitrogens is 1. The molecule has 0 fully saturated rings. The van der Waals surface area contributed by atoms with Gasteiger partial charge in [-0.3, -0.25) is 0 Å². The van der Waals surface area contributed by atoms with Crippen LogP contribution in [0.4, 0.5) is 0 Å². The first-order chi connectivity index (χ1) is 10.6. The van der Waals surface area contributed by atoms with Gasteiger partial charge in [-0.15, -0.1) is 0 Å². The lowest BCUT2D eigenvalue weighted by Crippen LogP contribution is -2.45. The molecular weight excluding hydrogens is 276 g/mol. The van der Waals surface area contributed by atoms with Crippen LogP contribution in [-0.4, -0.2) is 34.4 Å². The second kappa shape index (κ2) is 4.71. The molecule has 4 rings (SSSR count). The van der Waals surface area contributed by atoms with Crippen molar-refractivity contribution >= 4 is 28.8 Å². The topological polar surface area (TPSA) is 81.8 Å². The Kier molecular flexibility index (Phi) is 2.80. The van der Waals surface area contributed by atoms with Gasteiger partial charge in [-0.2, -0.15) is 5.01 Å². The largest absolute Gasteiger partial charge is 0.383 e. The summed E-state index contributed by atoms with van der Waals surface area (Å²) >= 11 is 0. The third-order valence-corrected chi connectivity index (χ3v) is 4.11. The van der Waals surface area contributed by atoms with Crippen molar-refractivity contribution in [2.24, 2.45) is 15.7 Å². The number of nitrogens with two attached hydrogens (primary N) is 1. The van der Waals surface area contributed by atoms with Gasteiger partial charge in [-0.05, 0) is 32.0 Å². The Hall–Kier alpha value is -2.60. The smallest absolute Gasteiger partial charge is 0.152 e. The van der Waals surface area contributed by atoms with E-state index in [9.17, 15) is 0 Å². The van der Waals surface area contributed by atoms with E-state index >= 15 is 0 Å². The Morgan fingerprint density at radius 2 is 2.14 bits per heavy atom. The summed E-state index contributed by atoms with van der Waals surface area (Å²) in [6.07, 6.45) is 3.37. The standard InChI is InChI=1S/C16H18N6/c1-9(2)22-16-13(15(17)19-8-20-16)14(21-22)11-3-4-12-10(7-11)5-6-18-12/h3-9,16,18,21H,1-2H3,(H2,17,19,20). The minimum absolute atomic E-state index is 0.116. The predicted molar refractivity (Wildman–Crippen MR) is 89.2 cm³/mol. The van der Waals surface area contributed by atoms with E-state index in [2.05, 4.69) is 63.5 Å². The first kappa shape index (κ1) is 13.1. The molecule has 6 heteroatoms. The van der Waals surface area contributed by atoms with Crippen LogP contribution in [0.25, 0.3) is 16.6 Å². The quantitative estimate of drug-likeness (QED) is 0.790. The van der Waals surface area contributed by atoms with Crippen molar-refractivity contribution in [2.75, 3.05) is 0 Å². The van der Waals surface area contributed by atoms with E-state index in [0.29, 0.717) is 5.84 Å². The Labute approximate surface area is 128 Å². The summed E-state index contributed by atoms with van der Waals surface area (Å²) in [5.41, 5.74) is 13.7. The molecule has 0 saturated heterocycles. The summed E-state index contributed by atoms with van der Waals surface area (Å²) in [6, 6.07) is 8.66. The van der Waals surface area contributed by atoms with Crippen molar-refractivity contribution in [3.05, 3.63) is 41.6 Å². The Balaban J connectivity index is 1.86. The zero-order valence-corrected chi connectivity index (χ0v) is 12.5. The molecule has 2 aliphatic rings. The van der Waals surface area contributed by atoms with Gasteiger partial charge in [0, 0.05) is 28.7 Å². The van der Waals surface area contributed by atoms with Gasteiger partial charge in [-0.1, -0.05) is 6.07 Å². The number of benzene rings is 1. The molecule has 112 valence electrons. The summed E-state index contributed by atoms with van der Waals surface area (Å²) in [6.45, 7) is 4.25. The fraction of sp³-hybridized carbons (Fsp3) is 0.250. The van der Waals surface area contributed by atoms with Crippen LogP contribution in [0.3, 0.4) is 0 Å². The molecule has 0 amide bonds. The third-order valence-electron chi connectivity index (χ3n) is 4.11. The van der Waals surface area contributed by atoms with Gasteiger partial charge >= 0.3 is 0 Å². The second-order valence-electron chi connectivity index (χ2n) is 5.83. The fourth-order valence-corrected chi connectivity index (χ4v) is 2.99. The van der Waals surface area contributed by atoms with Crippen molar-refractivity contribution in [2.45, 2.75) is 26.1 Å². The highest BCUT2D eigenvalue weighted by atomic mass is 15.6. The van der Waals surface area contributed by atoms with Crippen LogP contribution in [0.5, 0.6) is 0 Å². The maximum absolute atomic E-state index is 6.13.